The van der Waals surface area contributed by atoms with Crippen molar-refractivity contribution in [2.45, 2.75) is 32.9 Å². The van der Waals surface area contributed by atoms with Crippen LogP contribution < -0.4 is 0 Å². The quantitative estimate of drug-likeness (QED) is 0.594. The van der Waals surface area contributed by atoms with Crippen LogP contribution in [0.15, 0.2) is 44.0 Å². The molecule has 0 aliphatic heterocycles. The Balaban J connectivity index is 2.28. The van der Waals surface area contributed by atoms with E-state index in [1.54, 1.807) is 0 Å². The number of carbonyl (C=O) groups excluding carboxylic acids is 1. The van der Waals surface area contributed by atoms with Gasteiger partial charge in [-0.2, -0.15) is 0 Å². The summed E-state index contributed by atoms with van der Waals surface area (Å²) in [6.45, 7) is 4.83. The Morgan fingerprint density at radius 1 is 1.29 bits per heavy atom. The van der Waals surface area contributed by atoms with Crippen LogP contribution in [-0.4, -0.2) is 16.8 Å². The number of rotatable bonds is 5. The number of hydrogen-bond acceptors (Lipinski definition) is 2. The Kier molecular flexibility index (Phi) is 6.02. The molecular weight excluding hydrogens is 414 g/mol. The number of benzene rings is 1. The molecule has 112 valence electrons. The predicted octanol–water partition coefficient (Wildman–Crippen LogP) is 5.71. The molecule has 2 aromatic rings. The van der Waals surface area contributed by atoms with E-state index in [1.807, 2.05) is 29.2 Å². The number of thiophene rings is 1. The smallest absolute Gasteiger partial charge is 0.256 e. The second-order valence-corrected chi connectivity index (χ2v) is 8.66. The van der Waals surface area contributed by atoms with Gasteiger partial charge in [0.1, 0.15) is 0 Å². The molecule has 1 atom stereocenters. The first kappa shape index (κ1) is 16.7. The predicted molar refractivity (Wildman–Crippen MR) is 95.8 cm³/mol. The van der Waals surface area contributed by atoms with Gasteiger partial charge >= 0.3 is 0 Å². The molecule has 0 aliphatic rings. The Hall–Kier alpha value is -0.650. The van der Waals surface area contributed by atoms with Gasteiger partial charge in [-0.25, -0.2) is 0 Å². The van der Waals surface area contributed by atoms with Crippen molar-refractivity contribution in [1.82, 2.24) is 4.90 Å². The molecule has 0 aliphatic carbocycles. The molecule has 0 N–H and O–H groups in total. The van der Waals surface area contributed by atoms with Crippen LogP contribution in [0, 0.1) is 0 Å². The van der Waals surface area contributed by atoms with Crippen molar-refractivity contribution in [1.29, 1.82) is 0 Å². The molecule has 0 fully saturated rings. The summed E-state index contributed by atoms with van der Waals surface area (Å²) in [5.74, 6) is 0.0713. The summed E-state index contributed by atoms with van der Waals surface area (Å²) in [6.07, 6.45) is 0.932. The van der Waals surface area contributed by atoms with Crippen LogP contribution in [0.25, 0.3) is 0 Å². The van der Waals surface area contributed by atoms with E-state index in [2.05, 4.69) is 57.8 Å². The van der Waals surface area contributed by atoms with Gasteiger partial charge in [0.25, 0.3) is 5.91 Å². The lowest BCUT2D eigenvalue weighted by molar-refractivity contribution is 0.0671. The Morgan fingerprint density at radius 3 is 2.48 bits per heavy atom. The second kappa shape index (κ2) is 7.56. The molecule has 0 spiro atoms. The van der Waals surface area contributed by atoms with Crippen molar-refractivity contribution in [3.8, 4) is 0 Å². The van der Waals surface area contributed by atoms with Gasteiger partial charge in [0.05, 0.1) is 13.1 Å². The summed E-state index contributed by atoms with van der Waals surface area (Å²) in [5.41, 5.74) is 1.87. The molecule has 0 saturated heterocycles. The van der Waals surface area contributed by atoms with Crippen molar-refractivity contribution < 1.29 is 4.79 Å². The van der Waals surface area contributed by atoms with Gasteiger partial charge in [-0.1, -0.05) is 37.3 Å². The summed E-state index contributed by atoms with van der Waals surface area (Å²) in [7, 11) is 0. The number of hydrogen-bond donors (Lipinski definition) is 0. The van der Waals surface area contributed by atoms with Gasteiger partial charge in [0.2, 0.25) is 0 Å². The molecular formula is C16H17Br2NOS. The lowest BCUT2D eigenvalue weighted by Gasteiger charge is -2.28. The van der Waals surface area contributed by atoms with E-state index >= 15 is 0 Å². The van der Waals surface area contributed by atoms with Crippen molar-refractivity contribution >= 4 is 49.1 Å². The van der Waals surface area contributed by atoms with Crippen LogP contribution in [0.4, 0.5) is 0 Å². The highest BCUT2D eigenvalue weighted by Crippen LogP contribution is 2.33. The fraction of sp³-hybridized carbons (Fsp3) is 0.312. The van der Waals surface area contributed by atoms with Gasteiger partial charge in [0, 0.05) is 12.6 Å². The minimum absolute atomic E-state index is 0.0713. The third kappa shape index (κ3) is 4.18. The highest BCUT2D eigenvalue weighted by Gasteiger charge is 2.24. The third-order valence-electron chi connectivity index (χ3n) is 3.47. The van der Waals surface area contributed by atoms with Crippen molar-refractivity contribution in [3.05, 3.63) is 55.1 Å². The minimum atomic E-state index is 0.0713. The molecule has 2 nitrogen and oxygen atoms in total. The Morgan fingerprint density at radius 2 is 1.95 bits per heavy atom. The zero-order valence-corrected chi connectivity index (χ0v) is 16.0. The van der Waals surface area contributed by atoms with Crippen LogP contribution in [0.2, 0.25) is 0 Å². The summed E-state index contributed by atoms with van der Waals surface area (Å²) in [5, 5.41) is 0. The first-order valence-electron chi connectivity index (χ1n) is 6.82. The molecule has 0 radical (unpaired) electrons. The van der Waals surface area contributed by atoms with Gasteiger partial charge in [-0.3, -0.25) is 4.79 Å². The van der Waals surface area contributed by atoms with E-state index in [-0.39, 0.29) is 11.9 Å². The summed E-state index contributed by atoms with van der Waals surface area (Å²) in [6, 6.07) is 12.2. The molecule has 2 rings (SSSR count). The molecule has 1 aromatic carbocycles. The number of amides is 1. The zero-order chi connectivity index (χ0) is 15.4. The number of nitrogens with zero attached hydrogens (tertiary/aromatic N) is 1. The van der Waals surface area contributed by atoms with Crippen LogP contribution in [0.5, 0.6) is 0 Å². The first-order valence-corrected chi connectivity index (χ1v) is 9.23. The van der Waals surface area contributed by atoms with E-state index in [0.717, 1.165) is 25.1 Å². The van der Waals surface area contributed by atoms with Gasteiger partial charge < -0.3 is 4.90 Å². The van der Waals surface area contributed by atoms with Crippen LogP contribution in [0.3, 0.4) is 0 Å². The summed E-state index contributed by atoms with van der Waals surface area (Å²) < 4.78 is 1.84. The van der Waals surface area contributed by atoms with Crippen LogP contribution in [-0.2, 0) is 6.54 Å². The maximum Gasteiger partial charge on any atom is 0.256 e. The summed E-state index contributed by atoms with van der Waals surface area (Å²) in [4.78, 5) is 14.8. The highest BCUT2D eigenvalue weighted by molar-refractivity contribution is 9.12. The standard InChI is InChI=1S/C16H17Br2NOS/c1-3-11(2)19(10-12-7-5-4-6-8-12)16(20)13-9-14(17)21-15(13)18/h4-9,11H,3,10H2,1-2H3. The second-order valence-electron chi connectivity index (χ2n) is 4.91. The molecule has 0 saturated carbocycles. The van der Waals surface area contributed by atoms with Crippen molar-refractivity contribution in [2.24, 2.45) is 0 Å². The van der Waals surface area contributed by atoms with Gasteiger partial charge in [-0.05, 0) is 56.8 Å². The highest BCUT2D eigenvalue weighted by atomic mass is 79.9. The van der Waals surface area contributed by atoms with Crippen molar-refractivity contribution in [3.63, 3.8) is 0 Å². The Bertz CT molecular complexity index is 612. The van der Waals surface area contributed by atoms with Crippen LogP contribution in [0.1, 0.15) is 36.2 Å². The fourth-order valence-corrected chi connectivity index (χ4v) is 4.85. The SMILES string of the molecule is CCC(C)N(Cc1ccccc1)C(=O)c1cc(Br)sc1Br. The summed E-state index contributed by atoms with van der Waals surface area (Å²) >= 11 is 8.45. The van der Waals surface area contributed by atoms with Crippen LogP contribution >= 0.6 is 43.2 Å². The van der Waals surface area contributed by atoms with E-state index in [4.69, 9.17) is 0 Å². The average Bonchev–Trinajstić information content (AvgIpc) is 2.83. The van der Waals surface area contributed by atoms with Crippen molar-refractivity contribution in [2.75, 3.05) is 0 Å². The monoisotopic (exact) mass is 429 g/mol. The lowest BCUT2D eigenvalue weighted by atomic mass is 10.1. The minimum Gasteiger partial charge on any atom is -0.332 e. The Labute approximate surface area is 146 Å². The topological polar surface area (TPSA) is 20.3 Å². The average molecular weight is 431 g/mol. The number of halogens is 2. The molecule has 1 amide bonds. The maximum absolute atomic E-state index is 12.9. The zero-order valence-electron chi connectivity index (χ0n) is 12.0. The molecule has 1 aromatic heterocycles. The molecule has 21 heavy (non-hydrogen) atoms. The number of carbonyl (C=O) groups is 1. The molecule has 5 heteroatoms. The molecule has 0 bridgehead atoms. The lowest BCUT2D eigenvalue weighted by Crippen LogP contribution is -2.37. The molecule has 1 unspecified atom stereocenters. The third-order valence-corrected chi connectivity index (χ3v) is 5.81. The first-order chi connectivity index (χ1) is 10.0. The van der Waals surface area contributed by atoms with E-state index < -0.39 is 0 Å². The normalized spacial score (nSPS) is 12.2. The molecule has 1 heterocycles. The van der Waals surface area contributed by atoms with E-state index in [1.165, 1.54) is 11.3 Å². The van der Waals surface area contributed by atoms with E-state index in [9.17, 15) is 4.79 Å². The fourth-order valence-electron chi connectivity index (χ4n) is 2.07. The van der Waals surface area contributed by atoms with E-state index in [0.29, 0.717) is 6.54 Å². The largest absolute Gasteiger partial charge is 0.332 e. The van der Waals surface area contributed by atoms with Gasteiger partial charge in [0.15, 0.2) is 0 Å². The maximum atomic E-state index is 12.9. The van der Waals surface area contributed by atoms with Gasteiger partial charge in [-0.15, -0.1) is 11.3 Å².